The fraction of sp³-hybridized carbons (Fsp3) is 0.824. The van der Waals surface area contributed by atoms with E-state index < -0.39 is 0 Å². The van der Waals surface area contributed by atoms with Crippen LogP contribution in [0.15, 0.2) is 5.38 Å². The predicted molar refractivity (Wildman–Crippen MR) is 87.7 cm³/mol. The molecule has 2 aliphatic rings. The summed E-state index contributed by atoms with van der Waals surface area (Å²) in [5.41, 5.74) is 1.68. The Kier molecular flexibility index (Phi) is 4.67. The molecule has 118 valence electrons. The molecule has 0 unspecified atom stereocenters. The lowest BCUT2D eigenvalue weighted by molar-refractivity contribution is -0.162. The molecule has 0 aliphatic heterocycles. The Morgan fingerprint density at radius 1 is 1.38 bits per heavy atom. The van der Waals surface area contributed by atoms with Crippen LogP contribution in [0.25, 0.3) is 0 Å². The molecule has 0 radical (unpaired) electrons. The number of hydrogen-bond acceptors (Lipinski definition) is 4. The minimum absolute atomic E-state index is 0.439. The number of rotatable bonds is 6. The van der Waals surface area contributed by atoms with Crippen LogP contribution >= 0.6 is 11.3 Å². The largest absolute Gasteiger partial charge is 0.378 e. The lowest BCUT2D eigenvalue weighted by Gasteiger charge is -2.57. The van der Waals surface area contributed by atoms with Crippen LogP contribution in [0.3, 0.4) is 0 Å². The maximum atomic E-state index is 6.03. The van der Waals surface area contributed by atoms with Gasteiger partial charge in [-0.25, -0.2) is 4.98 Å². The van der Waals surface area contributed by atoms with Gasteiger partial charge in [0.05, 0.1) is 16.8 Å². The number of aryl methyl sites for hydroxylation is 1. The average molecular weight is 308 g/mol. The van der Waals surface area contributed by atoms with Crippen LogP contribution in [0.1, 0.15) is 56.7 Å². The highest BCUT2D eigenvalue weighted by molar-refractivity contribution is 7.09. The van der Waals surface area contributed by atoms with Gasteiger partial charge in [0.1, 0.15) is 0 Å². The van der Waals surface area contributed by atoms with Gasteiger partial charge in [-0.2, -0.15) is 0 Å². The molecule has 3 rings (SSSR count). The van der Waals surface area contributed by atoms with Crippen LogP contribution in [0, 0.1) is 5.41 Å². The van der Waals surface area contributed by atoms with Crippen LogP contribution in [0.4, 0.5) is 0 Å². The molecule has 0 saturated heterocycles. The van der Waals surface area contributed by atoms with Crippen molar-refractivity contribution in [1.29, 1.82) is 0 Å². The third-order valence-corrected chi connectivity index (χ3v) is 6.53. The molecule has 2 aliphatic carbocycles. The molecule has 1 aromatic rings. The van der Waals surface area contributed by atoms with E-state index in [4.69, 9.17) is 9.72 Å². The van der Waals surface area contributed by atoms with E-state index in [-0.39, 0.29) is 0 Å². The van der Waals surface area contributed by atoms with E-state index >= 15 is 0 Å². The van der Waals surface area contributed by atoms with Crippen LogP contribution in [0.5, 0.6) is 0 Å². The van der Waals surface area contributed by atoms with Gasteiger partial charge >= 0.3 is 0 Å². The second kappa shape index (κ2) is 6.35. The smallest absolute Gasteiger partial charge is 0.0926 e. The number of thiazole rings is 1. The molecule has 0 N–H and O–H groups in total. The highest BCUT2D eigenvalue weighted by Crippen LogP contribution is 2.56. The van der Waals surface area contributed by atoms with Gasteiger partial charge in [0.2, 0.25) is 0 Å². The summed E-state index contributed by atoms with van der Waals surface area (Å²) in [4.78, 5) is 7.26. The number of ether oxygens (including phenoxy) is 1. The molecule has 4 heteroatoms. The highest BCUT2D eigenvalue weighted by atomic mass is 32.1. The normalized spacial score (nSPS) is 27.4. The van der Waals surface area contributed by atoms with Crippen molar-refractivity contribution in [3.63, 3.8) is 0 Å². The highest BCUT2D eigenvalue weighted by Gasteiger charge is 2.57. The fourth-order valence-corrected chi connectivity index (χ4v) is 5.15. The summed E-state index contributed by atoms with van der Waals surface area (Å²) < 4.78 is 6.03. The average Bonchev–Trinajstić information content (AvgIpc) is 3.12. The third kappa shape index (κ3) is 2.78. The first-order valence-corrected chi connectivity index (χ1v) is 9.32. The van der Waals surface area contributed by atoms with E-state index in [9.17, 15) is 0 Å². The van der Waals surface area contributed by atoms with Gasteiger partial charge in [-0.15, -0.1) is 11.3 Å². The van der Waals surface area contributed by atoms with E-state index in [1.165, 1.54) is 42.8 Å². The summed E-state index contributed by atoms with van der Waals surface area (Å²) in [6.07, 6.45) is 8.21. The standard InChI is InChI=1S/C17H28N2OS/c1-4-16-18-13(12-21-16)11-19(3)14-10-15(20-5-2)17(14)8-6-7-9-17/h12,14-15H,4-11H2,1-3H3/t14-,15-/m0/s1. The summed E-state index contributed by atoms with van der Waals surface area (Å²) in [5.74, 6) is 0. The third-order valence-electron chi connectivity index (χ3n) is 5.49. The van der Waals surface area contributed by atoms with E-state index in [1.54, 1.807) is 11.3 Å². The summed E-state index contributed by atoms with van der Waals surface area (Å²) in [6, 6.07) is 0.684. The minimum Gasteiger partial charge on any atom is -0.378 e. The maximum absolute atomic E-state index is 6.03. The van der Waals surface area contributed by atoms with Crippen molar-refractivity contribution in [2.45, 2.75) is 71.1 Å². The van der Waals surface area contributed by atoms with Gasteiger partial charge in [0, 0.05) is 30.0 Å². The van der Waals surface area contributed by atoms with Crippen molar-refractivity contribution < 1.29 is 4.74 Å². The molecular formula is C17H28N2OS. The van der Waals surface area contributed by atoms with Gasteiger partial charge in [0.15, 0.2) is 0 Å². The Labute approximate surface area is 132 Å². The van der Waals surface area contributed by atoms with Crippen molar-refractivity contribution in [2.75, 3.05) is 13.7 Å². The monoisotopic (exact) mass is 308 g/mol. The lowest BCUT2D eigenvalue weighted by atomic mass is 9.60. The molecule has 2 atom stereocenters. The maximum Gasteiger partial charge on any atom is 0.0926 e. The SMILES string of the molecule is CCO[C@H]1C[C@H](N(C)Cc2csc(CC)n2)C12CCCC2. The first kappa shape index (κ1) is 15.4. The first-order chi connectivity index (χ1) is 10.2. The molecule has 1 aromatic heterocycles. The molecule has 1 spiro atoms. The molecule has 3 nitrogen and oxygen atoms in total. The number of nitrogens with zero attached hydrogens (tertiary/aromatic N) is 2. The molecule has 21 heavy (non-hydrogen) atoms. The lowest BCUT2D eigenvalue weighted by Crippen LogP contribution is -2.62. The first-order valence-electron chi connectivity index (χ1n) is 8.44. The van der Waals surface area contributed by atoms with Crippen molar-refractivity contribution in [3.8, 4) is 0 Å². The van der Waals surface area contributed by atoms with Crippen molar-refractivity contribution in [3.05, 3.63) is 16.1 Å². The summed E-state index contributed by atoms with van der Waals surface area (Å²) in [7, 11) is 2.28. The van der Waals surface area contributed by atoms with Crippen LogP contribution in [-0.4, -0.2) is 35.7 Å². The Hall–Kier alpha value is -0.450. The van der Waals surface area contributed by atoms with E-state index in [1.807, 2.05) is 0 Å². The zero-order chi connectivity index (χ0) is 14.9. The van der Waals surface area contributed by atoms with Gasteiger partial charge in [-0.05, 0) is 39.7 Å². The Bertz CT molecular complexity index is 467. The zero-order valence-corrected chi connectivity index (χ0v) is 14.4. The Balaban J connectivity index is 1.65. The van der Waals surface area contributed by atoms with Gasteiger partial charge in [-0.3, -0.25) is 4.90 Å². The molecule has 1 heterocycles. The Morgan fingerprint density at radius 3 is 2.76 bits per heavy atom. The fourth-order valence-electron chi connectivity index (χ4n) is 4.42. The van der Waals surface area contributed by atoms with Crippen molar-refractivity contribution in [1.82, 2.24) is 9.88 Å². The molecule has 2 fully saturated rings. The topological polar surface area (TPSA) is 25.4 Å². The predicted octanol–water partition coefficient (Wildman–Crippen LogP) is 3.88. The van der Waals surface area contributed by atoms with Crippen molar-refractivity contribution in [2.24, 2.45) is 5.41 Å². The Morgan fingerprint density at radius 2 is 2.14 bits per heavy atom. The molecule has 2 saturated carbocycles. The van der Waals surface area contributed by atoms with E-state index in [0.717, 1.165) is 19.6 Å². The molecule has 0 amide bonds. The summed E-state index contributed by atoms with van der Waals surface area (Å²) in [6.45, 7) is 6.15. The minimum atomic E-state index is 0.439. The van der Waals surface area contributed by atoms with Crippen LogP contribution < -0.4 is 0 Å². The second-order valence-corrected chi connectivity index (χ2v) is 7.58. The van der Waals surface area contributed by atoms with E-state index in [0.29, 0.717) is 17.6 Å². The quantitative estimate of drug-likeness (QED) is 0.797. The second-order valence-electron chi connectivity index (χ2n) is 6.64. The number of aromatic nitrogens is 1. The number of hydrogen-bond donors (Lipinski definition) is 0. The van der Waals surface area contributed by atoms with Crippen molar-refractivity contribution >= 4 is 11.3 Å². The van der Waals surface area contributed by atoms with Crippen LogP contribution in [-0.2, 0) is 17.7 Å². The van der Waals surface area contributed by atoms with Gasteiger partial charge in [0.25, 0.3) is 0 Å². The molecule has 0 aromatic carbocycles. The van der Waals surface area contributed by atoms with Crippen LogP contribution in [0.2, 0.25) is 0 Å². The molecular weight excluding hydrogens is 280 g/mol. The summed E-state index contributed by atoms with van der Waals surface area (Å²) in [5, 5.41) is 3.49. The van der Waals surface area contributed by atoms with Gasteiger partial charge in [-0.1, -0.05) is 19.8 Å². The molecule has 0 bridgehead atoms. The summed E-state index contributed by atoms with van der Waals surface area (Å²) >= 11 is 1.80. The van der Waals surface area contributed by atoms with E-state index in [2.05, 4.69) is 31.2 Å². The zero-order valence-electron chi connectivity index (χ0n) is 13.6. The van der Waals surface area contributed by atoms with Gasteiger partial charge < -0.3 is 4.74 Å².